The third-order valence-corrected chi connectivity index (χ3v) is 3.75. The molecule has 1 aliphatic heterocycles. The van der Waals surface area contributed by atoms with Crippen molar-refractivity contribution in [3.63, 3.8) is 0 Å². The fourth-order valence-corrected chi connectivity index (χ4v) is 2.96. The van der Waals surface area contributed by atoms with Crippen molar-refractivity contribution < 1.29 is 9.47 Å². The highest BCUT2D eigenvalue weighted by Gasteiger charge is 2.18. The van der Waals surface area contributed by atoms with Crippen molar-refractivity contribution in [3.05, 3.63) is 22.2 Å². The van der Waals surface area contributed by atoms with Crippen LogP contribution in [0.2, 0.25) is 0 Å². The second kappa shape index (κ2) is 5.74. The van der Waals surface area contributed by atoms with E-state index in [1.807, 2.05) is 6.07 Å². The zero-order valence-electron chi connectivity index (χ0n) is 10.3. The van der Waals surface area contributed by atoms with Gasteiger partial charge in [0.15, 0.2) is 0 Å². The van der Waals surface area contributed by atoms with Gasteiger partial charge in [0, 0.05) is 11.6 Å². The van der Waals surface area contributed by atoms with Crippen molar-refractivity contribution in [1.82, 2.24) is 5.32 Å². The first kappa shape index (κ1) is 12.7. The molecule has 4 heteroatoms. The molecule has 0 amide bonds. The molecular formula is C13H18BrNO2. The molecule has 94 valence electrons. The zero-order chi connectivity index (χ0) is 12.3. The second-order valence-electron chi connectivity index (χ2n) is 4.30. The molecule has 1 heterocycles. The summed E-state index contributed by atoms with van der Waals surface area (Å²) in [5.41, 5.74) is 1.19. The van der Waals surface area contributed by atoms with E-state index in [0.717, 1.165) is 28.9 Å². The summed E-state index contributed by atoms with van der Waals surface area (Å²) in [4.78, 5) is 0. The summed E-state index contributed by atoms with van der Waals surface area (Å²) in [5.74, 6) is 1.78. The number of ether oxygens (including phenoxy) is 2. The van der Waals surface area contributed by atoms with E-state index in [9.17, 15) is 0 Å². The molecule has 0 aliphatic carbocycles. The van der Waals surface area contributed by atoms with Gasteiger partial charge < -0.3 is 14.8 Å². The lowest BCUT2D eigenvalue weighted by Gasteiger charge is -2.16. The van der Waals surface area contributed by atoms with Crippen LogP contribution in [0.25, 0.3) is 0 Å². The molecule has 0 radical (unpaired) electrons. The SMILES string of the molecule is COc1cc(Br)c(OC)c(CC2CCCN2)c1. The predicted molar refractivity (Wildman–Crippen MR) is 72.0 cm³/mol. The van der Waals surface area contributed by atoms with Crippen LogP contribution in [0, 0.1) is 0 Å². The molecule has 1 aromatic rings. The van der Waals surface area contributed by atoms with E-state index in [0.29, 0.717) is 6.04 Å². The van der Waals surface area contributed by atoms with Gasteiger partial charge in [-0.05, 0) is 53.9 Å². The smallest absolute Gasteiger partial charge is 0.136 e. The van der Waals surface area contributed by atoms with Crippen LogP contribution in [0.5, 0.6) is 11.5 Å². The lowest BCUT2D eigenvalue weighted by atomic mass is 10.0. The minimum Gasteiger partial charge on any atom is -0.497 e. The quantitative estimate of drug-likeness (QED) is 0.927. The van der Waals surface area contributed by atoms with Gasteiger partial charge in [0.05, 0.1) is 18.7 Å². The summed E-state index contributed by atoms with van der Waals surface area (Å²) in [7, 11) is 3.39. The van der Waals surface area contributed by atoms with Crippen molar-refractivity contribution in [2.24, 2.45) is 0 Å². The lowest BCUT2D eigenvalue weighted by Crippen LogP contribution is -2.23. The Morgan fingerprint density at radius 1 is 1.35 bits per heavy atom. The Bertz CT molecular complexity index is 389. The monoisotopic (exact) mass is 299 g/mol. The Hall–Kier alpha value is -0.740. The predicted octanol–water partition coefficient (Wildman–Crippen LogP) is 2.76. The Balaban J connectivity index is 2.25. The number of hydrogen-bond acceptors (Lipinski definition) is 3. The van der Waals surface area contributed by atoms with Gasteiger partial charge in [-0.2, -0.15) is 0 Å². The maximum atomic E-state index is 5.46. The minimum absolute atomic E-state index is 0.558. The van der Waals surface area contributed by atoms with Gasteiger partial charge in [-0.15, -0.1) is 0 Å². The summed E-state index contributed by atoms with van der Waals surface area (Å²) in [6.45, 7) is 1.12. The molecule has 1 saturated heterocycles. The van der Waals surface area contributed by atoms with Crippen LogP contribution in [-0.4, -0.2) is 26.8 Å². The van der Waals surface area contributed by atoms with E-state index in [2.05, 4.69) is 27.3 Å². The third kappa shape index (κ3) is 2.93. The number of halogens is 1. The fraction of sp³-hybridized carbons (Fsp3) is 0.538. The van der Waals surface area contributed by atoms with Crippen LogP contribution in [0.3, 0.4) is 0 Å². The van der Waals surface area contributed by atoms with E-state index in [-0.39, 0.29) is 0 Å². The molecule has 1 unspecified atom stereocenters. The lowest BCUT2D eigenvalue weighted by molar-refractivity contribution is 0.394. The van der Waals surface area contributed by atoms with Crippen LogP contribution in [0.1, 0.15) is 18.4 Å². The van der Waals surface area contributed by atoms with Crippen molar-refractivity contribution in [2.45, 2.75) is 25.3 Å². The second-order valence-corrected chi connectivity index (χ2v) is 5.15. The van der Waals surface area contributed by atoms with Crippen LogP contribution in [0.4, 0.5) is 0 Å². The summed E-state index contributed by atoms with van der Waals surface area (Å²) in [6.07, 6.45) is 3.48. The van der Waals surface area contributed by atoms with Gasteiger partial charge in [0.25, 0.3) is 0 Å². The number of methoxy groups -OCH3 is 2. The van der Waals surface area contributed by atoms with E-state index in [4.69, 9.17) is 9.47 Å². The molecule has 1 aromatic carbocycles. The summed E-state index contributed by atoms with van der Waals surface area (Å²) >= 11 is 3.52. The maximum absolute atomic E-state index is 5.46. The normalized spacial score (nSPS) is 19.4. The standard InChI is InChI=1S/C13H18BrNO2/c1-16-11-7-9(6-10-4-3-5-15-10)13(17-2)12(14)8-11/h7-8,10,15H,3-6H2,1-2H3. The number of hydrogen-bond donors (Lipinski definition) is 1. The zero-order valence-corrected chi connectivity index (χ0v) is 11.8. The first-order valence-electron chi connectivity index (χ1n) is 5.88. The first-order chi connectivity index (χ1) is 8.24. The Morgan fingerprint density at radius 2 is 2.18 bits per heavy atom. The van der Waals surface area contributed by atoms with Gasteiger partial charge in [-0.25, -0.2) is 0 Å². The molecular weight excluding hydrogens is 282 g/mol. The summed E-state index contributed by atoms with van der Waals surface area (Å²) < 4.78 is 11.7. The van der Waals surface area contributed by atoms with Gasteiger partial charge in [0.1, 0.15) is 11.5 Å². The topological polar surface area (TPSA) is 30.5 Å². The average Bonchev–Trinajstić information content (AvgIpc) is 2.81. The molecule has 0 spiro atoms. The van der Waals surface area contributed by atoms with Gasteiger partial charge in [0.2, 0.25) is 0 Å². The molecule has 1 aliphatic rings. The van der Waals surface area contributed by atoms with Gasteiger partial charge in [-0.1, -0.05) is 0 Å². The third-order valence-electron chi connectivity index (χ3n) is 3.16. The van der Waals surface area contributed by atoms with Crippen molar-refractivity contribution in [2.75, 3.05) is 20.8 Å². The molecule has 0 aromatic heterocycles. The van der Waals surface area contributed by atoms with E-state index >= 15 is 0 Å². The minimum atomic E-state index is 0.558. The Labute approximate surface area is 111 Å². The highest BCUT2D eigenvalue weighted by Crippen LogP contribution is 2.34. The molecule has 3 nitrogen and oxygen atoms in total. The van der Waals surface area contributed by atoms with Crippen molar-refractivity contribution in [3.8, 4) is 11.5 Å². The van der Waals surface area contributed by atoms with Crippen molar-refractivity contribution in [1.29, 1.82) is 0 Å². The number of benzene rings is 1. The van der Waals surface area contributed by atoms with Crippen LogP contribution in [0.15, 0.2) is 16.6 Å². The number of nitrogens with one attached hydrogen (secondary N) is 1. The molecule has 17 heavy (non-hydrogen) atoms. The molecule has 1 fully saturated rings. The summed E-state index contributed by atoms with van der Waals surface area (Å²) in [6, 6.07) is 4.55. The Kier molecular flexibility index (Phi) is 4.29. The van der Waals surface area contributed by atoms with Crippen LogP contribution < -0.4 is 14.8 Å². The molecule has 0 bridgehead atoms. The van der Waals surface area contributed by atoms with E-state index in [1.54, 1.807) is 14.2 Å². The first-order valence-corrected chi connectivity index (χ1v) is 6.67. The van der Waals surface area contributed by atoms with Gasteiger partial charge >= 0.3 is 0 Å². The Morgan fingerprint density at radius 3 is 2.76 bits per heavy atom. The fourth-order valence-electron chi connectivity index (χ4n) is 2.32. The molecule has 1 N–H and O–H groups in total. The molecule has 1 atom stereocenters. The molecule has 2 rings (SSSR count). The van der Waals surface area contributed by atoms with E-state index in [1.165, 1.54) is 18.4 Å². The highest BCUT2D eigenvalue weighted by atomic mass is 79.9. The largest absolute Gasteiger partial charge is 0.497 e. The van der Waals surface area contributed by atoms with Crippen molar-refractivity contribution >= 4 is 15.9 Å². The van der Waals surface area contributed by atoms with Crippen LogP contribution in [-0.2, 0) is 6.42 Å². The molecule has 0 saturated carbocycles. The maximum Gasteiger partial charge on any atom is 0.136 e. The average molecular weight is 300 g/mol. The highest BCUT2D eigenvalue weighted by molar-refractivity contribution is 9.10. The van der Waals surface area contributed by atoms with Gasteiger partial charge in [-0.3, -0.25) is 0 Å². The van der Waals surface area contributed by atoms with Crippen LogP contribution >= 0.6 is 15.9 Å². The summed E-state index contributed by atoms with van der Waals surface area (Å²) in [5, 5.41) is 3.50. The van der Waals surface area contributed by atoms with E-state index < -0.39 is 0 Å². The number of rotatable bonds is 4.